The fourth-order valence-corrected chi connectivity index (χ4v) is 3.83. The summed E-state index contributed by atoms with van der Waals surface area (Å²) in [7, 11) is 1.71. The smallest absolute Gasteiger partial charge is 0.132 e. The van der Waals surface area contributed by atoms with Crippen LogP contribution in [0.4, 0.5) is 5.82 Å². The molecule has 1 aliphatic heterocycles. The molecule has 6 nitrogen and oxygen atoms in total. The molecule has 2 aliphatic rings. The van der Waals surface area contributed by atoms with Crippen LogP contribution in [0.5, 0.6) is 5.75 Å². The lowest BCUT2D eigenvalue weighted by Crippen LogP contribution is -2.46. The lowest BCUT2D eigenvalue weighted by atomic mass is 9.78. The second kappa shape index (κ2) is 10.3. The van der Waals surface area contributed by atoms with E-state index in [0.29, 0.717) is 12.0 Å². The summed E-state index contributed by atoms with van der Waals surface area (Å²) in [6, 6.07) is 10.8. The van der Waals surface area contributed by atoms with E-state index in [-0.39, 0.29) is 24.8 Å². The Morgan fingerprint density at radius 3 is 2.50 bits per heavy atom. The first-order valence-electron chi connectivity index (χ1n) is 9.39. The molecule has 1 aromatic heterocycles. The van der Waals surface area contributed by atoms with E-state index in [1.54, 1.807) is 13.4 Å². The number of nitrogens with zero attached hydrogens (tertiary/aromatic N) is 4. The van der Waals surface area contributed by atoms with Crippen LogP contribution in [-0.2, 0) is 6.54 Å². The van der Waals surface area contributed by atoms with Crippen molar-refractivity contribution in [3.63, 3.8) is 0 Å². The van der Waals surface area contributed by atoms with Gasteiger partial charge in [0.05, 0.1) is 7.11 Å². The molecule has 2 fully saturated rings. The molecule has 0 amide bonds. The van der Waals surface area contributed by atoms with E-state index in [0.717, 1.165) is 62.8 Å². The fraction of sp³-hybridized carbons (Fsp3) is 0.500. The molecule has 0 unspecified atom stereocenters. The van der Waals surface area contributed by atoms with Crippen molar-refractivity contribution in [1.29, 1.82) is 0 Å². The molecule has 1 saturated carbocycles. The zero-order valence-electron chi connectivity index (χ0n) is 16.2. The van der Waals surface area contributed by atoms with Crippen LogP contribution in [0, 0.1) is 0 Å². The number of piperazine rings is 1. The van der Waals surface area contributed by atoms with Gasteiger partial charge in [0.1, 0.15) is 17.9 Å². The minimum Gasteiger partial charge on any atom is -0.497 e. The van der Waals surface area contributed by atoms with Gasteiger partial charge < -0.3 is 15.4 Å². The molecule has 4 rings (SSSR count). The number of hydrogen-bond donors (Lipinski definition) is 1. The van der Waals surface area contributed by atoms with E-state index < -0.39 is 0 Å². The number of ether oxygens (including phenoxy) is 1. The highest BCUT2D eigenvalue weighted by atomic mass is 35.5. The quantitative estimate of drug-likeness (QED) is 0.793. The van der Waals surface area contributed by atoms with Gasteiger partial charge in [-0.25, -0.2) is 9.97 Å². The molecular weight excluding hydrogens is 397 g/mol. The van der Waals surface area contributed by atoms with Gasteiger partial charge in [-0.1, -0.05) is 12.1 Å². The van der Waals surface area contributed by atoms with Gasteiger partial charge in [0, 0.05) is 56.4 Å². The number of anilines is 1. The average molecular weight is 426 g/mol. The second-order valence-electron chi connectivity index (χ2n) is 7.34. The van der Waals surface area contributed by atoms with Crippen LogP contribution in [0.1, 0.15) is 30.0 Å². The standard InChI is InChI=1S/C20H27N5O.2ClH/c1-26-18-4-2-3-15(9-18)13-24-5-7-25(8-6-24)20-12-19(22-14-23-20)16-10-17(21)11-16;;/h2-4,9,12,14,16-17H,5-8,10-11,13,21H2,1H3;2*1H. The van der Waals surface area contributed by atoms with Crippen molar-refractivity contribution >= 4 is 30.6 Å². The van der Waals surface area contributed by atoms with E-state index >= 15 is 0 Å². The summed E-state index contributed by atoms with van der Waals surface area (Å²) in [6.45, 7) is 5.00. The topological polar surface area (TPSA) is 67.5 Å². The number of methoxy groups -OCH3 is 1. The number of halogens is 2. The van der Waals surface area contributed by atoms with Gasteiger partial charge in [-0.2, -0.15) is 0 Å². The van der Waals surface area contributed by atoms with Crippen molar-refractivity contribution in [2.24, 2.45) is 5.73 Å². The molecule has 1 saturated heterocycles. The van der Waals surface area contributed by atoms with E-state index in [2.05, 4.69) is 44.0 Å². The third kappa shape index (κ3) is 5.26. The Morgan fingerprint density at radius 2 is 1.82 bits per heavy atom. The van der Waals surface area contributed by atoms with Crippen molar-refractivity contribution in [2.45, 2.75) is 31.3 Å². The normalized spacial score (nSPS) is 21.9. The SMILES string of the molecule is COc1cccc(CN2CCN(c3cc(C4CC(N)C4)ncn3)CC2)c1.Cl.Cl. The van der Waals surface area contributed by atoms with Crippen molar-refractivity contribution < 1.29 is 4.74 Å². The van der Waals surface area contributed by atoms with E-state index in [4.69, 9.17) is 10.5 Å². The molecule has 1 aliphatic carbocycles. The van der Waals surface area contributed by atoms with Crippen LogP contribution in [0.25, 0.3) is 0 Å². The van der Waals surface area contributed by atoms with Crippen LogP contribution in [0.15, 0.2) is 36.7 Å². The van der Waals surface area contributed by atoms with E-state index in [1.165, 1.54) is 5.56 Å². The zero-order valence-corrected chi connectivity index (χ0v) is 17.8. The Labute approximate surface area is 179 Å². The maximum atomic E-state index is 5.92. The molecule has 28 heavy (non-hydrogen) atoms. The third-order valence-electron chi connectivity index (χ3n) is 5.50. The van der Waals surface area contributed by atoms with E-state index in [1.807, 2.05) is 6.07 Å². The molecule has 0 bridgehead atoms. The maximum absolute atomic E-state index is 5.92. The van der Waals surface area contributed by atoms with Crippen LogP contribution in [0.2, 0.25) is 0 Å². The lowest BCUT2D eigenvalue weighted by Gasteiger charge is -2.36. The van der Waals surface area contributed by atoms with Gasteiger partial charge >= 0.3 is 0 Å². The first kappa shape index (κ1) is 22.7. The predicted molar refractivity (Wildman–Crippen MR) is 117 cm³/mol. The maximum Gasteiger partial charge on any atom is 0.132 e. The van der Waals surface area contributed by atoms with Gasteiger partial charge in [-0.3, -0.25) is 4.90 Å². The van der Waals surface area contributed by atoms with E-state index in [9.17, 15) is 0 Å². The number of nitrogens with two attached hydrogens (primary N) is 1. The molecule has 154 valence electrons. The molecule has 2 heterocycles. The highest BCUT2D eigenvalue weighted by molar-refractivity contribution is 5.85. The Hall–Kier alpha value is -1.60. The number of aromatic nitrogens is 2. The summed E-state index contributed by atoms with van der Waals surface area (Å²) in [4.78, 5) is 13.8. The molecule has 8 heteroatoms. The lowest BCUT2D eigenvalue weighted by molar-refractivity contribution is 0.249. The summed E-state index contributed by atoms with van der Waals surface area (Å²) < 4.78 is 5.32. The van der Waals surface area contributed by atoms with Crippen molar-refractivity contribution in [1.82, 2.24) is 14.9 Å². The molecular formula is C20H29Cl2N5O. The molecule has 1 aromatic carbocycles. The van der Waals surface area contributed by atoms with Crippen LogP contribution in [-0.4, -0.2) is 54.2 Å². The van der Waals surface area contributed by atoms with Gasteiger partial charge in [-0.05, 0) is 30.5 Å². The highest BCUT2D eigenvalue weighted by Gasteiger charge is 2.29. The molecule has 2 N–H and O–H groups in total. The first-order valence-corrected chi connectivity index (χ1v) is 9.39. The van der Waals surface area contributed by atoms with Gasteiger partial charge in [0.25, 0.3) is 0 Å². The minimum atomic E-state index is 0. The van der Waals surface area contributed by atoms with Gasteiger partial charge in [0.2, 0.25) is 0 Å². The van der Waals surface area contributed by atoms with Crippen LogP contribution >= 0.6 is 24.8 Å². The second-order valence-corrected chi connectivity index (χ2v) is 7.34. The van der Waals surface area contributed by atoms with Gasteiger partial charge in [-0.15, -0.1) is 24.8 Å². The summed E-state index contributed by atoms with van der Waals surface area (Å²) in [5.74, 6) is 2.49. The zero-order chi connectivity index (χ0) is 17.9. The minimum absolute atomic E-state index is 0. The van der Waals surface area contributed by atoms with Crippen molar-refractivity contribution in [2.75, 3.05) is 38.2 Å². The molecule has 0 spiro atoms. The molecule has 0 radical (unpaired) electrons. The predicted octanol–water partition coefficient (Wildman–Crippen LogP) is 2.86. The first-order chi connectivity index (χ1) is 12.7. The fourth-order valence-electron chi connectivity index (χ4n) is 3.83. The summed E-state index contributed by atoms with van der Waals surface area (Å²) in [6.07, 6.45) is 3.80. The van der Waals surface area contributed by atoms with Crippen LogP contribution in [0.3, 0.4) is 0 Å². The average Bonchev–Trinajstić information content (AvgIpc) is 2.66. The number of rotatable bonds is 5. The highest BCUT2D eigenvalue weighted by Crippen LogP contribution is 2.35. The van der Waals surface area contributed by atoms with Crippen LogP contribution < -0.4 is 15.4 Å². The molecule has 2 aromatic rings. The Kier molecular flexibility index (Phi) is 8.31. The van der Waals surface area contributed by atoms with Crippen molar-refractivity contribution in [3.8, 4) is 5.75 Å². The largest absolute Gasteiger partial charge is 0.497 e. The Bertz CT molecular complexity index is 749. The molecule has 0 atom stereocenters. The summed E-state index contributed by atoms with van der Waals surface area (Å²) >= 11 is 0. The summed E-state index contributed by atoms with van der Waals surface area (Å²) in [5.41, 5.74) is 8.36. The third-order valence-corrected chi connectivity index (χ3v) is 5.50. The van der Waals surface area contributed by atoms with Gasteiger partial charge in [0.15, 0.2) is 0 Å². The number of hydrogen-bond acceptors (Lipinski definition) is 6. The van der Waals surface area contributed by atoms with Crippen molar-refractivity contribution in [3.05, 3.63) is 47.9 Å². The Balaban J connectivity index is 0.00000140. The summed E-state index contributed by atoms with van der Waals surface area (Å²) in [5, 5.41) is 0. The Morgan fingerprint density at radius 1 is 1.07 bits per heavy atom. The number of benzene rings is 1. The monoisotopic (exact) mass is 425 g/mol.